The molecule has 3 unspecified atom stereocenters. The Bertz CT molecular complexity index is 575. The van der Waals surface area contributed by atoms with E-state index in [1.54, 1.807) is 6.33 Å². The highest BCUT2D eigenvalue weighted by atomic mass is 15.3. The molecule has 0 aliphatic heterocycles. The zero-order valence-corrected chi connectivity index (χ0v) is 11.9. The van der Waals surface area contributed by atoms with Crippen LogP contribution in [0.1, 0.15) is 38.7 Å². The fraction of sp³-hybridized carbons (Fsp3) is 0.600. The summed E-state index contributed by atoms with van der Waals surface area (Å²) in [7, 11) is 0. The average Bonchev–Trinajstić information content (AvgIpc) is 2.83. The molecule has 102 valence electrons. The van der Waals surface area contributed by atoms with Crippen molar-refractivity contribution in [3.63, 3.8) is 0 Å². The number of hydrogen-bond donors (Lipinski definition) is 1. The number of aromatic nitrogens is 3. The van der Waals surface area contributed by atoms with Gasteiger partial charge in [0.15, 0.2) is 5.65 Å². The molecule has 1 aliphatic rings. The van der Waals surface area contributed by atoms with E-state index < -0.39 is 0 Å². The molecule has 4 heteroatoms. The molecule has 0 aromatic carbocycles. The van der Waals surface area contributed by atoms with Crippen LogP contribution in [0, 0.1) is 18.8 Å². The fourth-order valence-corrected chi connectivity index (χ4v) is 3.14. The molecule has 0 bridgehead atoms. The third-order valence-electron chi connectivity index (χ3n) is 4.56. The van der Waals surface area contributed by atoms with Crippen LogP contribution in [0.3, 0.4) is 0 Å². The fourth-order valence-electron chi connectivity index (χ4n) is 3.14. The van der Waals surface area contributed by atoms with Crippen LogP contribution in [0.25, 0.3) is 5.65 Å². The van der Waals surface area contributed by atoms with Crippen molar-refractivity contribution in [1.82, 2.24) is 14.6 Å². The topological polar surface area (TPSA) is 42.2 Å². The van der Waals surface area contributed by atoms with Gasteiger partial charge in [-0.05, 0) is 42.9 Å². The Kier molecular flexibility index (Phi) is 3.17. The molecular weight excluding hydrogens is 236 g/mol. The lowest BCUT2D eigenvalue weighted by molar-refractivity contribution is 0.252. The first kappa shape index (κ1) is 12.5. The average molecular weight is 258 g/mol. The number of nitrogens with zero attached hydrogens (tertiary/aromatic N) is 3. The van der Waals surface area contributed by atoms with Gasteiger partial charge < -0.3 is 5.32 Å². The second-order valence-electron chi connectivity index (χ2n) is 5.97. The van der Waals surface area contributed by atoms with E-state index >= 15 is 0 Å². The summed E-state index contributed by atoms with van der Waals surface area (Å²) >= 11 is 0. The first-order valence-corrected chi connectivity index (χ1v) is 7.22. The normalized spacial score (nSPS) is 27.6. The molecule has 4 nitrogen and oxygen atoms in total. The van der Waals surface area contributed by atoms with E-state index in [2.05, 4.69) is 48.3 Å². The highest BCUT2D eigenvalue weighted by Crippen LogP contribution is 2.31. The van der Waals surface area contributed by atoms with Crippen molar-refractivity contribution in [2.75, 3.05) is 5.32 Å². The number of hydrogen-bond acceptors (Lipinski definition) is 3. The minimum absolute atomic E-state index is 0.540. The Balaban J connectivity index is 1.90. The van der Waals surface area contributed by atoms with E-state index in [1.165, 1.54) is 24.8 Å². The zero-order valence-electron chi connectivity index (χ0n) is 11.9. The number of fused-ring (bicyclic) bond motifs is 1. The smallest absolute Gasteiger partial charge is 0.157 e. The first-order valence-electron chi connectivity index (χ1n) is 7.22. The van der Waals surface area contributed by atoms with Crippen LogP contribution in [-0.4, -0.2) is 20.6 Å². The lowest BCUT2D eigenvalue weighted by Crippen LogP contribution is -2.35. The van der Waals surface area contributed by atoms with Crippen LogP contribution in [-0.2, 0) is 0 Å². The van der Waals surface area contributed by atoms with Gasteiger partial charge in [-0.15, -0.1) is 0 Å². The van der Waals surface area contributed by atoms with Gasteiger partial charge in [0.25, 0.3) is 0 Å². The van der Waals surface area contributed by atoms with Gasteiger partial charge in [0.05, 0.1) is 0 Å². The lowest BCUT2D eigenvalue weighted by atomic mass is 9.78. The molecule has 1 fully saturated rings. The SMILES string of the molecule is Cc1cc(NC2CCCC(C)C2C)n2ncnc2c1. The summed E-state index contributed by atoms with van der Waals surface area (Å²) in [6.07, 6.45) is 5.53. The molecule has 2 heterocycles. The maximum atomic E-state index is 4.31. The molecule has 0 amide bonds. The second-order valence-corrected chi connectivity index (χ2v) is 5.97. The number of aryl methyl sites for hydroxylation is 1. The quantitative estimate of drug-likeness (QED) is 0.899. The van der Waals surface area contributed by atoms with Gasteiger partial charge in [0, 0.05) is 6.04 Å². The minimum Gasteiger partial charge on any atom is -0.367 e. The van der Waals surface area contributed by atoms with Crippen molar-refractivity contribution in [2.24, 2.45) is 11.8 Å². The zero-order chi connectivity index (χ0) is 13.4. The standard InChI is InChI=1S/C15H22N4/c1-10-7-14-16-9-17-19(14)15(8-10)18-13-6-4-5-11(2)12(13)3/h7-9,11-13,18H,4-6H2,1-3H3. The number of rotatable bonds is 2. The number of nitrogens with one attached hydrogen (secondary N) is 1. The lowest BCUT2D eigenvalue weighted by Gasteiger charge is -2.35. The van der Waals surface area contributed by atoms with Crippen molar-refractivity contribution < 1.29 is 0 Å². The van der Waals surface area contributed by atoms with Crippen LogP contribution >= 0.6 is 0 Å². The maximum Gasteiger partial charge on any atom is 0.157 e. The molecule has 3 atom stereocenters. The van der Waals surface area contributed by atoms with Gasteiger partial charge in [-0.3, -0.25) is 0 Å². The van der Waals surface area contributed by atoms with Crippen LogP contribution in [0.5, 0.6) is 0 Å². The molecule has 2 aromatic heterocycles. The van der Waals surface area contributed by atoms with Gasteiger partial charge in [-0.25, -0.2) is 4.98 Å². The van der Waals surface area contributed by atoms with Crippen LogP contribution in [0.15, 0.2) is 18.5 Å². The molecule has 1 aliphatic carbocycles. The van der Waals surface area contributed by atoms with Crippen molar-refractivity contribution in [2.45, 2.75) is 46.1 Å². The van der Waals surface area contributed by atoms with Gasteiger partial charge >= 0.3 is 0 Å². The minimum atomic E-state index is 0.540. The molecule has 1 saturated carbocycles. The molecular formula is C15H22N4. The number of pyridine rings is 1. The van der Waals surface area contributed by atoms with E-state index in [4.69, 9.17) is 0 Å². The first-order chi connectivity index (χ1) is 9.15. The maximum absolute atomic E-state index is 4.31. The highest BCUT2D eigenvalue weighted by Gasteiger charge is 2.27. The summed E-state index contributed by atoms with van der Waals surface area (Å²) in [6, 6.07) is 4.76. The Morgan fingerprint density at radius 1 is 1.26 bits per heavy atom. The van der Waals surface area contributed by atoms with Crippen LogP contribution < -0.4 is 5.32 Å². The van der Waals surface area contributed by atoms with Gasteiger partial charge in [-0.2, -0.15) is 9.61 Å². The molecule has 3 rings (SSSR count). The predicted octanol–water partition coefficient (Wildman–Crippen LogP) is 3.27. The monoisotopic (exact) mass is 258 g/mol. The molecule has 2 aromatic rings. The van der Waals surface area contributed by atoms with Gasteiger partial charge in [0.2, 0.25) is 0 Å². The second kappa shape index (κ2) is 4.83. The van der Waals surface area contributed by atoms with E-state index in [9.17, 15) is 0 Å². The third-order valence-corrected chi connectivity index (χ3v) is 4.56. The van der Waals surface area contributed by atoms with Crippen LogP contribution in [0.4, 0.5) is 5.82 Å². The summed E-state index contributed by atoms with van der Waals surface area (Å²) in [4.78, 5) is 4.28. The largest absolute Gasteiger partial charge is 0.367 e. The highest BCUT2D eigenvalue weighted by molar-refractivity contribution is 5.51. The molecule has 0 spiro atoms. The van der Waals surface area contributed by atoms with Crippen molar-refractivity contribution in [3.8, 4) is 0 Å². The van der Waals surface area contributed by atoms with E-state index in [1.807, 2.05) is 4.52 Å². The summed E-state index contributed by atoms with van der Waals surface area (Å²) < 4.78 is 1.90. The molecule has 0 radical (unpaired) electrons. The summed E-state index contributed by atoms with van der Waals surface area (Å²) in [5.41, 5.74) is 2.14. The van der Waals surface area contributed by atoms with Crippen LogP contribution in [0.2, 0.25) is 0 Å². The van der Waals surface area contributed by atoms with Gasteiger partial charge in [0.1, 0.15) is 12.1 Å². The van der Waals surface area contributed by atoms with E-state index in [0.717, 1.165) is 17.4 Å². The Hall–Kier alpha value is -1.58. The third kappa shape index (κ3) is 2.31. The molecule has 19 heavy (non-hydrogen) atoms. The Labute approximate surface area is 114 Å². The van der Waals surface area contributed by atoms with Crippen molar-refractivity contribution in [1.29, 1.82) is 0 Å². The molecule has 0 saturated heterocycles. The Morgan fingerprint density at radius 3 is 2.95 bits per heavy atom. The predicted molar refractivity (Wildman–Crippen MR) is 77.3 cm³/mol. The van der Waals surface area contributed by atoms with Gasteiger partial charge in [-0.1, -0.05) is 26.7 Å². The Morgan fingerprint density at radius 2 is 2.11 bits per heavy atom. The summed E-state index contributed by atoms with van der Waals surface area (Å²) in [5.74, 6) is 2.56. The van der Waals surface area contributed by atoms with E-state index in [-0.39, 0.29) is 0 Å². The summed E-state index contributed by atoms with van der Waals surface area (Å²) in [6.45, 7) is 6.82. The molecule has 1 N–H and O–H groups in total. The summed E-state index contributed by atoms with van der Waals surface area (Å²) in [5, 5.41) is 8.00. The van der Waals surface area contributed by atoms with E-state index in [0.29, 0.717) is 12.0 Å². The van der Waals surface area contributed by atoms with Crippen molar-refractivity contribution in [3.05, 3.63) is 24.0 Å². The van der Waals surface area contributed by atoms with Crippen molar-refractivity contribution >= 4 is 11.5 Å². The number of anilines is 1.